The van der Waals surface area contributed by atoms with Crippen molar-refractivity contribution >= 4 is 23.2 Å². The number of nitrogens with one attached hydrogen (secondary N) is 1. The van der Waals surface area contributed by atoms with Crippen molar-refractivity contribution in [2.45, 2.75) is 13.1 Å². The number of methoxy groups -OCH3 is 2. The average molecular weight is 404 g/mol. The van der Waals surface area contributed by atoms with Crippen molar-refractivity contribution in [2.24, 2.45) is 0 Å². The van der Waals surface area contributed by atoms with Crippen molar-refractivity contribution in [1.29, 1.82) is 0 Å². The number of rotatable bonds is 6. The molecular weight excluding hydrogens is 387 g/mol. The third-order valence-corrected chi connectivity index (χ3v) is 3.84. The molecule has 1 amide bonds. The van der Waals surface area contributed by atoms with E-state index < -0.39 is 29.3 Å². The van der Waals surface area contributed by atoms with Gasteiger partial charge in [-0.3, -0.25) is 4.79 Å². The Bertz CT molecular complexity index is 815. The summed E-state index contributed by atoms with van der Waals surface area (Å²) in [7, 11) is 2.88. The van der Waals surface area contributed by atoms with Gasteiger partial charge in [0, 0.05) is 5.69 Å². The fourth-order valence-electron chi connectivity index (χ4n) is 2.31. The highest BCUT2D eigenvalue weighted by atomic mass is 35.5. The van der Waals surface area contributed by atoms with E-state index in [0.717, 1.165) is 17.7 Å². The lowest BCUT2D eigenvalue weighted by molar-refractivity contribution is -0.137. The van der Waals surface area contributed by atoms with Crippen LogP contribution in [-0.4, -0.2) is 26.7 Å². The Morgan fingerprint density at radius 2 is 1.70 bits per heavy atom. The van der Waals surface area contributed by atoms with E-state index in [4.69, 9.17) is 25.8 Å². The first-order chi connectivity index (χ1) is 12.7. The van der Waals surface area contributed by atoms with Crippen LogP contribution in [0.5, 0.6) is 17.2 Å². The van der Waals surface area contributed by atoms with Crippen LogP contribution < -0.4 is 19.5 Å². The molecule has 0 atom stereocenters. The molecule has 0 spiro atoms. The van der Waals surface area contributed by atoms with Gasteiger partial charge in [-0.05, 0) is 42.8 Å². The summed E-state index contributed by atoms with van der Waals surface area (Å²) in [6.07, 6.45) is -4.63. The molecule has 5 nitrogen and oxygen atoms in total. The van der Waals surface area contributed by atoms with Crippen molar-refractivity contribution in [3.8, 4) is 17.2 Å². The lowest BCUT2D eigenvalue weighted by Crippen LogP contribution is -2.21. The second kappa shape index (κ2) is 8.39. The number of hydrogen-bond acceptors (Lipinski definition) is 4. The van der Waals surface area contributed by atoms with Gasteiger partial charge >= 0.3 is 6.18 Å². The maximum Gasteiger partial charge on any atom is 0.417 e. The molecule has 0 saturated heterocycles. The fraction of sp³-hybridized carbons (Fsp3) is 0.278. The van der Waals surface area contributed by atoms with E-state index in [2.05, 4.69) is 5.32 Å². The van der Waals surface area contributed by atoms with Gasteiger partial charge in [-0.25, -0.2) is 0 Å². The van der Waals surface area contributed by atoms with Crippen molar-refractivity contribution in [3.05, 3.63) is 46.5 Å². The molecule has 0 bridgehead atoms. The summed E-state index contributed by atoms with van der Waals surface area (Å²) >= 11 is 5.55. The number of alkyl halides is 3. The van der Waals surface area contributed by atoms with Gasteiger partial charge in [-0.1, -0.05) is 11.6 Å². The first kappa shape index (κ1) is 20.7. The highest BCUT2D eigenvalue weighted by Gasteiger charge is 2.33. The molecule has 2 aromatic rings. The summed E-state index contributed by atoms with van der Waals surface area (Å²) < 4.78 is 54.5. The maximum atomic E-state index is 12.9. The van der Waals surface area contributed by atoms with Crippen LogP contribution in [0.15, 0.2) is 30.3 Å². The Morgan fingerprint density at radius 1 is 1.11 bits per heavy atom. The largest absolute Gasteiger partial charge is 0.493 e. The van der Waals surface area contributed by atoms with Gasteiger partial charge in [0.2, 0.25) is 5.75 Å². The molecule has 0 aromatic heterocycles. The van der Waals surface area contributed by atoms with E-state index in [9.17, 15) is 18.0 Å². The van der Waals surface area contributed by atoms with Gasteiger partial charge in [0.25, 0.3) is 5.91 Å². The second-order valence-corrected chi connectivity index (χ2v) is 5.94. The Hall–Kier alpha value is -2.61. The minimum absolute atomic E-state index is 0.0526. The van der Waals surface area contributed by atoms with Gasteiger partial charge < -0.3 is 19.5 Å². The first-order valence-electron chi connectivity index (χ1n) is 7.67. The van der Waals surface area contributed by atoms with E-state index in [0.29, 0.717) is 11.5 Å². The molecule has 9 heteroatoms. The minimum Gasteiger partial charge on any atom is -0.493 e. The first-order valence-corrected chi connectivity index (χ1v) is 8.05. The molecule has 27 heavy (non-hydrogen) atoms. The fourth-order valence-corrected chi connectivity index (χ4v) is 2.53. The predicted octanol–water partition coefficient (Wildman–Crippen LogP) is 4.70. The number of carbonyl (C=O) groups excluding carboxylic acids is 1. The van der Waals surface area contributed by atoms with Crippen molar-refractivity contribution < 1.29 is 32.2 Å². The molecular formula is C18H17ClF3NO4. The number of anilines is 1. The van der Waals surface area contributed by atoms with Crippen LogP contribution in [0.4, 0.5) is 18.9 Å². The number of halogens is 4. The van der Waals surface area contributed by atoms with Gasteiger partial charge in [0.1, 0.15) is 0 Å². The zero-order valence-corrected chi connectivity index (χ0v) is 15.5. The van der Waals surface area contributed by atoms with Gasteiger partial charge in [0.15, 0.2) is 18.1 Å². The lowest BCUT2D eigenvalue weighted by atomic mass is 10.2. The molecule has 1 N–H and O–H groups in total. The normalized spacial score (nSPS) is 11.1. The van der Waals surface area contributed by atoms with Gasteiger partial charge in [-0.15, -0.1) is 0 Å². The van der Waals surface area contributed by atoms with Crippen LogP contribution in [0.3, 0.4) is 0 Å². The van der Waals surface area contributed by atoms with E-state index in [1.807, 2.05) is 6.92 Å². The molecule has 0 aliphatic heterocycles. The topological polar surface area (TPSA) is 56.8 Å². The summed E-state index contributed by atoms with van der Waals surface area (Å²) in [4.78, 5) is 12.1. The van der Waals surface area contributed by atoms with Crippen LogP contribution in [0.2, 0.25) is 5.02 Å². The molecule has 2 rings (SSSR count). The Balaban J connectivity index is 2.12. The smallest absolute Gasteiger partial charge is 0.417 e. The molecule has 0 heterocycles. The zero-order valence-electron chi connectivity index (χ0n) is 14.7. The molecule has 0 aliphatic carbocycles. The minimum atomic E-state index is -4.63. The van der Waals surface area contributed by atoms with E-state index in [-0.39, 0.29) is 11.4 Å². The highest BCUT2D eigenvalue weighted by Crippen LogP contribution is 2.38. The molecule has 2 aromatic carbocycles. The third-order valence-electron chi connectivity index (χ3n) is 3.51. The van der Waals surface area contributed by atoms with E-state index >= 15 is 0 Å². The standard InChI is InChI=1S/C18H17ClF3NO4/c1-10-6-14(25-2)17(15(7-10)26-3)27-9-16(24)23-11-4-5-13(19)12(8-11)18(20,21)22/h4-8H,9H2,1-3H3,(H,23,24). The monoisotopic (exact) mass is 403 g/mol. The zero-order chi connectivity index (χ0) is 20.2. The number of aryl methyl sites for hydroxylation is 1. The predicted molar refractivity (Wildman–Crippen MR) is 94.9 cm³/mol. The molecule has 146 valence electrons. The highest BCUT2D eigenvalue weighted by molar-refractivity contribution is 6.31. The summed E-state index contributed by atoms with van der Waals surface area (Å²) in [5.41, 5.74) is -0.228. The van der Waals surface area contributed by atoms with E-state index in [1.54, 1.807) is 12.1 Å². The summed E-state index contributed by atoms with van der Waals surface area (Å²) in [6, 6.07) is 6.48. The van der Waals surface area contributed by atoms with Crippen molar-refractivity contribution in [3.63, 3.8) is 0 Å². The summed E-state index contributed by atoms with van der Waals surface area (Å²) in [6.45, 7) is 1.38. The van der Waals surface area contributed by atoms with Gasteiger partial charge in [-0.2, -0.15) is 13.2 Å². The number of carbonyl (C=O) groups is 1. The van der Waals surface area contributed by atoms with Crippen LogP contribution in [0.1, 0.15) is 11.1 Å². The van der Waals surface area contributed by atoms with Crippen LogP contribution in [-0.2, 0) is 11.0 Å². The molecule has 0 aliphatic rings. The lowest BCUT2D eigenvalue weighted by Gasteiger charge is -2.15. The molecule has 0 fully saturated rings. The summed E-state index contributed by atoms with van der Waals surface area (Å²) in [5.74, 6) is 0.291. The quantitative estimate of drug-likeness (QED) is 0.759. The van der Waals surface area contributed by atoms with Crippen LogP contribution >= 0.6 is 11.6 Å². The molecule has 0 radical (unpaired) electrons. The maximum absolute atomic E-state index is 12.9. The molecule has 0 saturated carbocycles. The van der Waals surface area contributed by atoms with E-state index in [1.165, 1.54) is 20.3 Å². The molecule has 0 unspecified atom stereocenters. The van der Waals surface area contributed by atoms with Crippen molar-refractivity contribution in [2.75, 3.05) is 26.1 Å². The van der Waals surface area contributed by atoms with Crippen LogP contribution in [0, 0.1) is 6.92 Å². The number of benzene rings is 2. The third kappa shape index (κ3) is 5.19. The SMILES string of the molecule is COc1cc(C)cc(OC)c1OCC(=O)Nc1ccc(Cl)c(C(F)(F)F)c1. The Labute approximate surface area is 159 Å². The van der Waals surface area contributed by atoms with Crippen molar-refractivity contribution in [1.82, 2.24) is 0 Å². The van der Waals surface area contributed by atoms with Crippen LogP contribution in [0.25, 0.3) is 0 Å². The number of hydrogen-bond donors (Lipinski definition) is 1. The average Bonchev–Trinajstić information content (AvgIpc) is 2.60. The Kier molecular flexibility index (Phi) is 6.43. The second-order valence-electron chi connectivity index (χ2n) is 5.53. The number of ether oxygens (including phenoxy) is 3. The summed E-state index contributed by atoms with van der Waals surface area (Å²) in [5, 5.41) is 1.88. The Morgan fingerprint density at radius 3 is 2.22 bits per heavy atom. The van der Waals surface area contributed by atoms with Gasteiger partial charge in [0.05, 0.1) is 24.8 Å². The number of amides is 1.